The zero-order valence-electron chi connectivity index (χ0n) is 16.7. The quantitative estimate of drug-likeness (QED) is 0.713. The first-order valence-electron chi connectivity index (χ1n) is 9.38. The number of sulfonamides is 1. The van der Waals surface area contributed by atoms with E-state index < -0.39 is 19.9 Å². The van der Waals surface area contributed by atoms with Gasteiger partial charge < -0.3 is 10.1 Å². The molecule has 8 nitrogen and oxygen atoms in total. The highest BCUT2D eigenvalue weighted by molar-refractivity contribution is 7.90. The number of sulfone groups is 1. The number of nitrogens with one attached hydrogen (secondary N) is 1. The van der Waals surface area contributed by atoms with Gasteiger partial charge in [-0.05, 0) is 48.9 Å². The zero-order valence-corrected chi connectivity index (χ0v) is 18.4. The van der Waals surface area contributed by atoms with Crippen LogP contribution in [0, 0.1) is 0 Å². The van der Waals surface area contributed by atoms with Crippen molar-refractivity contribution in [2.45, 2.75) is 22.8 Å². The molecule has 0 radical (unpaired) electrons. The highest BCUT2D eigenvalue weighted by Crippen LogP contribution is 2.19. The Morgan fingerprint density at radius 2 is 1.47 bits per heavy atom. The van der Waals surface area contributed by atoms with Crippen molar-refractivity contribution in [3.8, 4) is 0 Å². The van der Waals surface area contributed by atoms with Gasteiger partial charge in [0.05, 0.1) is 29.0 Å². The Morgan fingerprint density at radius 3 is 2.00 bits per heavy atom. The molecule has 1 aliphatic heterocycles. The third kappa shape index (κ3) is 5.07. The maximum atomic E-state index is 12.7. The first-order valence-corrected chi connectivity index (χ1v) is 12.7. The summed E-state index contributed by atoms with van der Waals surface area (Å²) in [6, 6.07) is 11.7. The van der Waals surface area contributed by atoms with Crippen molar-refractivity contribution < 1.29 is 26.4 Å². The lowest BCUT2D eigenvalue weighted by Crippen LogP contribution is -2.40. The number of benzene rings is 2. The van der Waals surface area contributed by atoms with E-state index in [0.29, 0.717) is 31.9 Å². The Bertz CT molecular complexity index is 1100. The molecular weight excluding hydrogens is 428 g/mol. The molecule has 2 aromatic carbocycles. The average molecular weight is 453 g/mol. The molecular formula is C20H24N2O6S2. The lowest BCUT2D eigenvalue weighted by molar-refractivity contribution is 0.0730. The predicted molar refractivity (Wildman–Crippen MR) is 111 cm³/mol. The second kappa shape index (κ2) is 8.84. The number of ether oxygens (including phenoxy) is 1. The summed E-state index contributed by atoms with van der Waals surface area (Å²) in [7, 11) is -6.90. The Labute approximate surface area is 176 Å². The largest absolute Gasteiger partial charge is 0.379 e. The number of carbonyl (C=O) groups is 1. The maximum absolute atomic E-state index is 12.7. The van der Waals surface area contributed by atoms with Crippen molar-refractivity contribution in [2.24, 2.45) is 0 Å². The van der Waals surface area contributed by atoms with E-state index in [2.05, 4.69) is 5.32 Å². The summed E-state index contributed by atoms with van der Waals surface area (Å²) in [4.78, 5) is 12.9. The van der Waals surface area contributed by atoms with Crippen molar-refractivity contribution in [1.82, 2.24) is 9.62 Å². The van der Waals surface area contributed by atoms with E-state index in [-0.39, 0.29) is 21.7 Å². The van der Waals surface area contributed by atoms with Gasteiger partial charge in [-0.3, -0.25) is 4.79 Å². The van der Waals surface area contributed by atoms with Gasteiger partial charge in [0.2, 0.25) is 10.0 Å². The minimum Gasteiger partial charge on any atom is -0.379 e. The fourth-order valence-electron chi connectivity index (χ4n) is 3.08. The predicted octanol–water partition coefficient (Wildman–Crippen LogP) is 1.60. The van der Waals surface area contributed by atoms with Gasteiger partial charge in [0.25, 0.3) is 5.91 Å². The SMILES string of the molecule is C[C@@H](NC(=O)c1ccc(S(=O)(=O)N2CCOCC2)cc1)c1ccc(S(C)(=O)=O)cc1. The fourth-order valence-corrected chi connectivity index (χ4v) is 5.12. The van der Waals surface area contributed by atoms with Crippen molar-refractivity contribution in [3.05, 3.63) is 59.7 Å². The molecule has 162 valence electrons. The number of hydrogen-bond donors (Lipinski definition) is 1. The van der Waals surface area contributed by atoms with Crippen LogP contribution < -0.4 is 5.32 Å². The molecule has 2 aromatic rings. The third-order valence-corrected chi connectivity index (χ3v) is 7.92. The Morgan fingerprint density at radius 1 is 0.933 bits per heavy atom. The number of amides is 1. The topological polar surface area (TPSA) is 110 Å². The van der Waals surface area contributed by atoms with Crippen molar-refractivity contribution in [2.75, 3.05) is 32.6 Å². The standard InChI is InChI=1S/C20H24N2O6S2/c1-15(16-3-7-18(8-4-16)29(2,24)25)21-20(23)17-5-9-19(10-6-17)30(26,27)22-11-13-28-14-12-22/h3-10,15H,11-14H2,1-2H3,(H,21,23)/t15-/m1/s1. The zero-order chi connectivity index (χ0) is 21.9. The highest BCUT2D eigenvalue weighted by Gasteiger charge is 2.26. The van der Waals surface area contributed by atoms with E-state index in [1.54, 1.807) is 19.1 Å². The van der Waals surface area contributed by atoms with Crippen LogP contribution in [0.25, 0.3) is 0 Å². The molecule has 0 aliphatic carbocycles. The van der Waals surface area contributed by atoms with Crippen molar-refractivity contribution >= 4 is 25.8 Å². The molecule has 1 aliphatic rings. The van der Waals surface area contributed by atoms with Gasteiger partial charge in [-0.25, -0.2) is 16.8 Å². The van der Waals surface area contributed by atoms with Crippen LogP contribution in [0.4, 0.5) is 0 Å². The lowest BCUT2D eigenvalue weighted by Gasteiger charge is -2.26. The first kappa shape index (κ1) is 22.4. The lowest BCUT2D eigenvalue weighted by atomic mass is 10.1. The summed E-state index contributed by atoms with van der Waals surface area (Å²) < 4.78 is 55.0. The smallest absolute Gasteiger partial charge is 0.251 e. The van der Waals surface area contributed by atoms with Gasteiger partial charge in [0.1, 0.15) is 0 Å². The summed E-state index contributed by atoms with van der Waals surface area (Å²) in [5.74, 6) is -0.356. The summed E-state index contributed by atoms with van der Waals surface area (Å²) in [5.41, 5.74) is 1.08. The van der Waals surface area contributed by atoms with Crippen molar-refractivity contribution in [3.63, 3.8) is 0 Å². The van der Waals surface area contributed by atoms with Gasteiger partial charge >= 0.3 is 0 Å². The molecule has 1 amide bonds. The minimum atomic E-state index is -3.61. The summed E-state index contributed by atoms with van der Waals surface area (Å²) >= 11 is 0. The molecule has 0 saturated carbocycles. The number of hydrogen-bond acceptors (Lipinski definition) is 6. The Kier molecular flexibility index (Phi) is 6.61. The molecule has 0 spiro atoms. The normalized spacial score (nSPS) is 16.7. The average Bonchev–Trinajstić information content (AvgIpc) is 2.74. The Hall–Kier alpha value is -2.27. The second-order valence-electron chi connectivity index (χ2n) is 7.08. The van der Waals surface area contributed by atoms with Gasteiger partial charge in [-0.1, -0.05) is 12.1 Å². The molecule has 30 heavy (non-hydrogen) atoms. The van der Waals surface area contributed by atoms with Crippen LogP contribution in [0.1, 0.15) is 28.9 Å². The van der Waals surface area contributed by atoms with Gasteiger partial charge in [-0.15, -0.1) is 0 Å². The number of rotatable bonds is 6. The van der Waals surface area contributed by atoms with E-state index in [9.17, 15) is 21.6 Å². The van der Waals surface area contributed by atoms with E-state index in [1.165, 1.54) is 40.7 Å². The second-order valence-corrected chi connectivity index (χ2v) is 11.0. The highest BCUT2D eigenvalue weighted by atomic mass is 32.2. The molecule has 0 unspecified atom stereocenters. The fraction of sp³-hybridized carbons (Fsp3) is 0.350. The monoisotopic (exact) mass is 452 g/mol. The molecule has 0 aromatic heterocycles. The first-order chi connectivity index (χ1) is 14.1. The van der Waals surface area contributed by atoms with Gasteiger partial charge in [0.15, 0.2) is 9.84 Å². The van der Waals surface area contributed by atoms with E-state index in [0.717, 1.165) is 11.8 Å². The van der Waals surface area contributed by atoms with Crippen molar-refractivity contribution in [1.29, 1.82) is 0 Å². The van der Waals surface area contributed by atoms with Crippen LogP contribution in [-0.4, -0.2) is 59.6 Å². The van der Waals surface area contributed by atoms with Crippen LogP contribution in [0.5, 0.6) is 0 Å². The maximum Gasteiger partial charge on any atom is 0.251 e. The van der Waals surface area contributed by atoms with Crippen LogP contribution >= 0.6 is 0 Å². The van der Waals surface area contributed by atoms with Crippen LogP contribution in [0.15, 0.2) is 58.3 Å². The molecule has 1 saturated heterocycles. The molecule has 3 rings (SSSR count). The van der Waals surface area contributed by atoms with E-state index in [4.69, 9.17) is 4.74 Å². The van der Waals surface area contributed by atoms with Gasteiger partial charge in [0, 0.05) is 24.9 Å². The van der Waals surface area contributed by atoms with Crippen LogP contribution in [0.2, 0.25) is 0 Å². The molecule has 1 fully saturated rings. The molecule has 1 N–H and O–H groups in total. The van der Waals surface area contributed by atoms with Gasteiger partial charge in [-0.2, -0.15) is 4.31 Å². The van der Waals surface area contributed by atoms with Crippen LogP contribution in [-0.2, 0) is 24.6 Å². The number of carbonyl (C=O) groups excluding carboxylic acids is 1. The summed E-state index contributed by atoms with van der Waals surface area (Å²) in [6.45, 7) is 3.12. The number of morpholine rings is 1. The molecule has 1 atom stereocenters. The molecule has 1 heterocycles. The molecule has 10 heteroatoms. The third-order valence-electron chi connectivity index (χ3n) is 4.88. The Balaban J connectivity index is 1.68. The van der Waals surface area contributed by atoms with Crippen LogP contribution in [0.3, 0.4) is 0 Å². The van der Waals surface area contributed by atoms with E-state index >= 15 is 0 Å². The van der Waals surface area contributed by atoms with E-state index in [1.807, 2.05) is 0 Å². The summed E-state index contributed by atoms with van der Waals surface area (Å²) in [6.07, 6.45) is 1.14. The summed E-state index contributed by atoms with van der Waals surface area (Å²) in [5, 5.41) is 2.83. The molecule has 0 bridgehead atoms. The minimum absolute atomic E-state index is 0.130. The number of nitrogens with zero attached hydrogens (tertiary/aromatic N) is 1.